The molecule has 6 atom stereocenters. The number of ether oxygens (including phenoxy) is 1. The Morgan fingerprint density at radius 1 is 0.873 bits per heavy atom. The molecule has 2 aliphatic rings. The zero-order valence-corrected chi connectivity index (χ0v) is 36.7. The highest BCUT2D eigenvalue weighted by atomic mass is 19.3. The molecule has 3 aromatic rings. The van der Waals surface area contributed by atoms with Crippen molar-refractivity contribution in [3.63, 3.8) is 0 Å². The van der Waals surface area contributed by atoms with E-state index in [1.807, 2.05) is 24.3 Å². The molecular formula is C47H58F2N6O8. The molecule has 1 fully saturated rings. The first-order valence-electron chi connectivity index (χ1n) is 21.7. The predicted octanol–water partition coefficient (Wildman–Crippen LogP) is 6.08. The number of amides is 4. The summed E-state index contributed by atoms with van der Waals surface area (Å²) in [5, 5.41) is 5.02. The smallest absolute Gasteiger partial charge is 0.410 e. The van der Waals surface area contributed by atoms with Crippen LogP contribution in [0.1, 0.15) is 107 Å². The Labute approximate surface area is 366 Å². The maximum Gasteiger partial charge on any atom is 0.410 e. The van der Waals surface area contributed by atoms with E-state index in [1.54, 1.807) is 65.0 Å². The number of carbonyl (C=O) groups is 7. The highest BCUT2D eigenvalue weighted by molar-refractivity contribution is 6.09. The molecule has 2 aromatic carbocycles. The van der Waals surface area contributed by atoms with Crippen LogP contribution in [0, 0.1) is 23.7 Å². The number of nitrogens with one attached hydrogen (secondary N) is 2. The van der Waals surface area contributed by atoms with Gasteiger partial charge in [-0.1, -0.05) is 95.6 Å². The second kappa shape index (κ2) is 21.4. The zero-order valence-electron chi connectivity index (χ0n) is 36.7. The number of benzene rings is 2. The van der Waals surface area contributed by atoms with Crippen molar-refractivity contribution >= 4 is 41.2 Å². The standard InChI is InChI=1S/C47H58F2N6O8/c1-7-13-33(42(58)47(48,49)45(61)52-30(6)31-14-9-8-10-15-31)22-40(57)38-23-35(63-46(62)54-21-18-32-16-11-12-17-34(32)26-54)27-55(38)44(60)41(29(4)5)53-43(59)36(28(2)3)24-39(56)37-25-50-19-20-51-37/h8-12,14-17,19-20,25,28-30,33,35-36,38,41H,7,13,18,21-24,26-27H2,1-6H3,(H,52,61)(H,53,59)/t30-,33+,35+,36-,38-,41-/m0/s1. The van der Waals surface area contributed by atoms with Gasteiger partial charge in [0.25, 0.3) is 5.91 Å². The summed E-state index contributed by atoms with van der Waals surface area (Å²) in [4.78, 5) is 107. The quantitative estimate of drug-likeness (QED) is 0.106. The third-order valence-electron chi connectivity index (χ3n) is 11.9. The topological polar surface area (TPSA) is 185 Å². The van der Waals surface area contributed by atoms with Crippen LogP contribution >= 0.6 is 0 Å². The first-order valence-corrected chi connectivity index (χ1v) is 21.7. The molecule has 2 aliphatic heterocycles. The van der Waals surface area contributed by atoms with Crippen molar-refractivity contribution < 1.29 is 47.1 Å². The molecule has 3 heterocycles. The largest absolute Gasteiger partial charge is 0.444 e. The predicted molar refractivity (Wildman–Crippen MR) is 228 cm³/mol. The molecule has 14 nitrogen and oxygen atoms in total. The van der Waals surface area contributed by atoms with Crippen LogP contribution in [0.4, 0.5) is 13.6 Å². The highest BCUT2D eigenvalue weighted by Gasteiger charge is 2.52. The van der Waals surface area contributed by atoms with Gasteiger partial charge in [-0.15, -0.1) is 0 Å². The van der Waals surface area contributed by atoms with Crippen molar-refractivity contribution in [2.75, 3.05) is 13.1 Å². The molecule has 63 heavy (non-hydrogen) atoms. The van der Waals surface area contributed by atoms with Gasteiger partial charge in [-0.05, 0) is 48.3 Å². The highest BCUT2D eigenvalue weighted by Crippen LogP contribution is 2.32. The number of hydrogen-bond donors (Lipinski definition) is 2. The van der Waals surface area contributed by atoms with Crippen LogP contribution in [-0.2, 0) is 41.7 Å². The molecule has 0 unspecified atom stereocenters. The fourth-order valence-corrected chi connectivity index (χ4v) is 8.17. The molecule has 0 aliphatic carbocycles. The van der Waals surface area contributed by atoms with Gasteiger partial charge >= 0.3 is 12.0 Å². The van der Waals surface area contributed by atoms with E-state index in [1.165, 1.54) is 35.3 Å². The summed E-state index contributed by atoms with van der Waals surface area (Å²) in [7, 11) is 0. The Morgan fingerprint density at radius 3 is 2.19 bits per heavy atom. The average Bonchev–Trinajstić information content (AvgIpc) is 3.70. The molecule has 338 valence electrons. The molecule has 5 rings (SSSR count). The van der Waals surface area contributed by atoms with Crippen LogP contribution in [0.2, 0.25) is 0 Å². The van der Waals surface area contributed by atoms with Gasteiger partial charge in [0.1, 0.15) is 17.8 Å². The third kappa shape index (κ3) is 12.0. The second-order valence-corrected chi connectivity index (χ2v) is 17.2. The number of aromatic nitrogens is 2. The summed E-state index contributed by atoms with van der Waals surface area (Å²) < 4.78 is 37.4. The van der Waals surface area contributed by atoms with Gasteiger partial charge in [0.2, 0.25) is 17.6 Å². The average molecular weight is 873 g/mol. The first kappa shape index (κ1) is 48.1. The van der Waals surface area contributed by atoms with Gasteiger partial charge in [0, 0.05) is 56.6 Å². The summed E-state index contributed by atoms with van der Waals surface area (Å²) >= 11 is 0. The van der Waals surface area contributed by atoms with Crippen LogP contribution in [0.25, 0.3) is 0 Å². The van der Waals surface area contributed by atoms with Crippen molar-refractivity contribution in [3.8, 4) is 0 Å². The molecule has 0 radical (unpaired) electrons. The Morgan fingerprint density at radius 2 is 1.56 bits per heavy atom. The number of likely N-dealkylation sites (tertiary alicyclic amines) is 1. The van der Waals surface area contributed by atoms with Crippen molar-refractivity contribution in [1.82, 2.24) is 30.4 Å². The van der Waals surface area contributed by atoms with Gasteiger partial charge < -0.3 is 25.2 Å². The minimum absolute atomic E-state index is 0.0835. The van der Waals surface area contributed by atoms with Gasteiger partial charge in [0.15, 0.2) is 11.6 Å². The maximum atomic E-state index is 15.7. The number of halogens is 2. The number of fused-ring (bicyclic) bond motifs is 1. The Kier molecular flexibility index (Phi) is 16.4. The van der Waals surface area contributed by atoms with Crippen molar-refractivity contribution in [2.24, 2.45) is 23.7 Å². The number of rotatable bonds is 19. The Bertz CT molecular complexity index is 2120. The first-order chi connectivity index (χ1) is 29.9. The van der Waals surface area contributed by atoms with E-state index in [4.69, 9.17) is 4.74 Å². The van der Waals surface area contributed by atoms with Crippen LogP contribution in [0.3, 0.4) is 0 Å². The number of ketones is 3. The molecule has 0 spiro atoms. The molecule has 1 aromatic heterocycles. The molecule has 0 saturated carbocycles. The lowest BCUT2D eigenvalue weighted by atomic mass is 9.87. The van der Waals surface area contributed by atoms with Crippen LogP contribution < -0.4 is 10.6 Å². The maximum absolute atomic E-state index is 15.7. The summed E-state index contributed by atoms with van der Waals surface area (Å²) in [5.74, 6) is -13.8. The van der Waals surface area contributed by atoms with Crippen LogP contribution in [-0.4, -0.2) is 98.1 Å². The van der Waals surface area contributed by atoms with E-state index in [0.717, 1.165) is 11.1 Å². The third-order valence-corrected chi connectivity index (χ3v) is 11.9. The van der Waals surface area contributed by atoms with Crippen molar-refractivity contribution in [1.29, 1.82) is 0 Å². The lowest BCUT2D eigenvalue weighted by molar-refractivity contribution is -0.162. The lowest BCUT2D eigenvalue weighted by Gasteiger charge is -2.32. The van der Waals surface area contributed by atoms with E-state index in [0.29, 0.717) is 18.5 Å². The molecule has 4 amide bonds. The minimum atomic E-state index is -4.48. The van der Waals surface area contributed by atoms with Gasteiger partial charge in [-0.3, -0.25) is 33.8 Å². The number of carbonyl (C=O) groups excluding carboxylic acids is 7. The number of hydrogen-bond acceptors (Lipinski definition) is 10. The van der Waals surface area contributed by atoms with E-state index < -0.39 is 95.5 Å². The Balaban J connectivity index is 1.37. The second-order valence-electron chi connectivity index (χ2n) is 17.2. The summed E-state index contributed by atoms with van der Waals surface area (Å²) in [5.41, 5.74) is 2.69. The number of alkyl halides is 2. The normalized spacial score (nSPS) is 18.2. The summed E-state index contributed by atoms with van der Waals surface area (Å²) in [6.07, 6.45) is 1.97. The molecule has 2 N–H and O–H groups in total. The summed E-state index contributed by atoms with van der Waals surface area (Å²) in [6.45, 7) is 10.5. The van der Waals surface area contributed by atoms with E-state index in [9.17, 15) is 33.6 Å². The van der Waals surface area contributed by atoms with Crippen molar-refractivity contribution in [3.05, 3.63) is 95.6 Å². The Hall–Kier alpha value is -5.93. The lowest BCUT2D eigenvalue weighted by Crippen LogP contribution is -2.55. The van der Waals surface area contributed by atoms with Crippen LogP contribution in [0.15, 0.2) is 73.2 Å². The molecule has 0 bridgehead atoms. The van der Waals surface area contributed by atoms with Gasteiger partial charge in [-0.2, -0.15) is 8.78 Å². The molecular weight excluding hydrogens is 815 g/mol. The number of Topliss-reactive ketones (excluding diaryl/α,β-unsaturated/α-hetero) is 3. The minimum Gasteiger partial charge on any atom is -0.444 e. The van der Waals surface area contributed by atoms with E-state index >= 15 is 8.78 Å². The fraction of sp³-hybridized carbons (Fsp3) is 0.511. The van der Waals surface area contributed by atoms with E-state index in [2.05, 4.69) is 20.6 Å². The van der Waals surface area contributed by atoms with Gasteiger partial charge in [-0.25, -0.2) is 9.78 Å². The summed E-state index contributed by atoms with van der Waals surface area (Å²) in [6, 6.07) is 12.7. The van der Waals surface area contributed by atoms with Gasteiger partial charge in [0.05, 0.1) is 24.8 Å². The SMILES string of the molecule is CCC[C@H](CC(=O)[C@@H]1C[C@@H](OC(=O)N2CCc3ccccc3C2)CN1C(=O)[C@@H](NC(=O)[C@@H](CC(=O)c1cnccn1)C(C)C)C(C)C)C(=O)C(F)(F)C(=O)N[C@@H](C)c1ccccc1. The molecule has 16 heteroatoms. The monoisotopic (exact) mass is 872 g/mol. The zero-order chi connectivity index (χ0) is 46.0. The molecule has 1 saturated heterocycles. The number of nitrogens with zero attached hydrogens (tertiary/aromatic N) is 4. The van der Waals surface area contributed by atoms with Crippen LogP contribution in [0.5, 0.6) is 0 Å². The van der Waals surface area contributed by atoms with E-state index in [-0.39, 0.29) is 50.4 Å². The fourth-order valence-electron chi connectivity index (χ4n) is 8.17. The van der Waals surface area contributed by atoms with Crippen molar-refractivity contribution in [2.45, 2.75) is 117 Å².